The van der Waals surface area contributed by atoms with Crippen LogP contribution in [-0.4, -0.2) is 28.9 Å². The number of amides is 1. The van der Waals surface area contributed by atoms with Crippen LogP contribution in [0.25, 0.3) is 0 Å². The molecule has 0 aliphatic carbocycles. The predicted octanol–water partition coefficient (Wildman–Crippen LogP) is 0.555. The molecule has 0 fully saturated rings. The lowest BCUT2D eigenvalue weighted by molar-refractivity contribution is -1.06. The van der Waals surface area contributed by atoms with Gasteiger partial charge in [-0.25, -0.2) is 15.2 Å². The number of quaternary nitrogens is 1. The Hall–Kier alpha value is -3.07. The summed E-state index contributed by atoms with van der Waals surface area (Å²) < 4.78 is 5.08. The van der Waals surface area contributed by atoms with Crippen molar-refractivity contribution in [1.82, 2.24) is 0 Å². The summed E-state index contributed by atoms with van der Waals surface area (Å²) in [6.07, 6.45) is -1.34. The number of hydrogen-bond donors (Lipinski definition) is 3. The fraction of sp³-hybridized carbons (Fsp3) is 0.167. The van der Waals surface area contributed by atoms with E-state index in [9.17, 15) is 24.8 Å². The van der Waals surface area contributed by atoms with E-state index in [4.69, 9.17) is 4.74 Å². The van der Waals surface area contributed by atoms with E-state index in [1.165, 1.54) is 12.1 Å². The molecule has 0 saturated heterocycles. The van der Waals surface area contributed by atoms with Crippen molar-refractivity contribution >= 4 is 23.3 Å². The minimum atomic E-state index is -1.83. The molecule has 0 aromatic heterocycles. The molecule has 8 nitrogen and oxygen atoms in total. The fourth-order valence-corrected chi connectivity index (χ4v) is 2.84. The number of rotatable bonds is 5. The maximum Gasteiger partial charge on any atom is 0.339 e. The number of carbonyl (C=O) groups is 3. The van der Waals surface area contributed by atoms with Gasteiger partial charge in [0.15, 0.2) is 6.10 Å². The number of para-hydroxylation sites is 1. The smallest absolute Gasteiger partial charge is 0.339 e. The number of Topliss-reactive ketones (excluding diaryl/α,β-unsaturated/α-hetero) is 1. The van der Waals surface area contributed by atoms with Gasteiger partial charge in [-0.2, -0.15) is 0 Å². The molecular weight excluding hydrogens is 340 g/mol. The maximum atomic E-state index is 12.5. The largest absolute Gasteiger partial charge is 0.599 e. The van der Waals surface area contributed by atoms with Crippen molar-refractivity contribution < 1.29 is 29.6 Å². The fourth-order valence-electron chi connectivity index (χ4n) is 2.84. The normalized spacial score (nSPS) is 17.8. The molecule has 0 saturated carbocycles. The lowest BCUT2D eigenvalue weighted by Gasteiger charge is -2.26. The number of hydroxylamine groups is 2. The predicted molar refractivity (Wildman–Crippen MR) is 89.3 cm³/mol. The molecule has 26 heavy (non-hydrogen) atoms. The highest BCUT2D eigenvalue weighted by molar-refractivity contribution is 6.42. The summed E-state index contributed by atoms with van der Waals surface area (Å²) in [5.41, 5.74) is 1.59. The number of ketones is 1. The third kappa shape index (κ3) is 3.21. The van der Waals surface area contributed by atoms with Crippen molar-refractivity contribution in [2.24, 2.45) is 0 Å². The zero-order valence-electron chi connectivity index (χ0n) is 13.8. The number of esters is 1. The van der Waals surface area contributed by atoms with E-state index in [1.54, 1.807) is 43.3 Å². The number of fused-ring (bicyclic) bond motifs is 1. The van der Waals surface area contributed by atoms with Gasteiger partial charge in [0, 0.05) is 11.3 Å². The molecule has 1 aliphatic rings. The number of hydrogen-bond acceptors (Lipinski definition) is 6. The van der Waals surface area contributed by atoms with E-state index in [0.717, 1.165) is 5.56 Å². The quantitative estimate of drug-likeness (QED) is 0.409. The number of nitrogens with one attached hydrogen (secondary N) is 2. The number of benzene rings is 2. The van der Waals surface area contributed by atoms with Crippen LogP contribution in [0.3, 0.4) is 0 Å². The SMILES string of the molecule is Cc1ccccc1NC(=O)C(=O)C(C1OC(=O)c2ccccc21)[NH+]([O-])O. The minimum absolute atomic E-state index is 0.191. The molecule has 1 heterocycles. The number of ether oxygens (including phenoxy) is 1. The van der Waals surface area contributed by atoms with E-state index < -0.39 is 35.0 Å². The van der Waals surface area contributed by atoms with Crippen LogP contribution >= 0.6 is 0 Å². The van der Waals surface area contributed by atoms with Crippen LogP contribution in [0.4, 0.5) is 5.69 Å². The summed E-state index contributed by atoms with van der Waals surface area (Å²) in [5.74, 6) is -2.98. The average Bonchev–Trinajstić information content (AvgIpc) is 2.94. The van der Waals surface area contributed by atoms with Crippen molar-refractivity contribution in [3.63, 3.8) is 0 Å². The molecule has 3 atom stereocenters. The van der Waals surface area contributed by atoms with Crippen molar-refractivity contribution in [1.29, 1.82) is 0 Å². The molecule has 0 radical (unpaired) electrons. The van der Waals surface area contributed by atoms with Crippen molar-refractivity contribution in [2.45, 2.75) is 19.1 Å². The van der Waals surface area contributed by atoms with Gasteiger partial charge < -0.3 is 15.3 Å². The summed E-state index contributed by atoms with van der Waals surface area (Å²) in [7, 11) is 0. The van der Waals surface area contributed by atoms with Gasteiger partial charge in [0.2, 0.25) is 6.04 Å². The molecular formula is C18H16N2O6. The van der Waals surface area contributed by atoms with Gasteiger partial charge in [0.25, 0.3) is 11.7 Å². The zero-order valence-corrected chi connectivity index (χ0v) is 13.8. The standard InChI is InChI=1S/C18H16N2O6/c1-10-6-2-5-9-13(10)19-17(22)15(21)14(20(24)25)16-11-7-3-4-8-12(11)18(23)26-16/h2-9,14,16,20,24H,1H3,(H,19,22). The highest BCUT2D eigenvalue weighted by Gasteiger charge is 2.46. The van der Waals surface area contributed by atoms with Gasteiger partial charge in [-0.05, 0) is 24.6 Å². The maximum absolute atomic E-state index is 12.5. The van der Waals surface area contributed by atoms with Gasteiger partial charge >= 0.3 is 5.97 Å². The third-order valence-electron chi connectivity index (χ3n) is 4.19. The van der Waals surface area contributed by atoms with Gasteiger partial charge in [-0.3, -0.25) is 9.59 Å². The molecule has 3 N–H and O–H groups in total. The van der Waals surface area contributed by atoms with Gasteiger partial charge in [0.05, 0.1) is 5.56 Å². The van der Waals surface area contributed by atoms with Crippen LogP contribution in [0.15, 0.2) is 48.5 Å². The van der Waals surface area contributed by atoms with Crippen LogP contribution in [-0.2, 0) is 14.3 Å². The molecule has 3 rings (SSSR count). The Bertz CT molecular complexity index is 879. The molecule has 2 aromatic rings. The van der Waals surface area contributed by atoms with Crippen LogP contribution in [0.1, 0.15) is 27.6 Å². The summed E-state index contributed by atoms with van der Waals surface area (Å²) >= 11 is 0. The first kappa shape index (κ1) is 17.7. The molecule has 8 heteroatoms. The molecule has 134 valence electrons. The number of anilines is 1. The van der Waals surface area contributed by atoms with Crippen LogP contribution in [0, 0.1) is 12.1 Å². The van der Waals surface area contributed by atoms with Crippen molar-refractivity contribution in [3.05, 3.63) is 70.4 Å². The molecule has 0 spiro atoms. The number of carbonyl (C=O) groups excluding carboxylic acids is 3. The van der Waals surface area contributed by atoms with E-state index in [2.05, 4.69) is 5.32 Å². The average molecular weight is 356 g/mol. The highest BCUT2D eigenvalue weighted by atomic mass is 16.8. The summed E-state index contributed by atoms with van der Waals surface area (Å²) in [5, 5.41) is 22.0. The second-order valence-corrected chi connectivity index (χ2v) is 5.86. The first-order valence-electron chi connectivity index (χ1n) is 7.83. The lowest BCUT2D eigenvalue weighted by Crippen LogP contribution is -3.11. The summed E-state index contributed by atoms with van der Waals surface area (Å²) in [6.45, 7) is 1.74. The molecule has 1 aliphatic heterocycles. The molecule has 1 amide bonds. The second-order valence-electron chi connectivity index (χ2n) is 5.86. The molecule has 0 bridgehead atoms. The van der Waals surface area contributed by atoms with Gasteiger partial charge in [-0.15, -0.1) is 0 Å². The third-order valence-corrected chi connectivity index (χ3v) is 4.19. The van der Waals surface area contributed by atoms with E-state index in [1.807, 2.05) is 0 Å². The zero-order chi connectivity index (χ0) is 18.8. The van der Waals surface area contributed by atoms with Crippen molar-refractivity contribution in [2.75, 3.05) is 5.32 Å². The molecule has 3 unspecified atom stereocenters. The topological polar surface area (TPSA) is 120 Å². The minimum Gasteiger partial charge on any atom is -0.599 e. The van der Waals surface area contributed by atoms with E-state index in [0.29, 0.717) is 5.69 Å². The van der Waals surface area contributed by atoms with Gasteiger partial charge in [0.1, 0.15) is 0 Å². The second kappa shape index (κ2) is 7.04. The van der Waals surface area contributed by atoms with Gasteiger partial charge in [-0.1, -0.05) is 36.4 Å². The Labute approximate surface area is 148 Å². The molecule has 2 aromatic carbocycles. The Morgan fingerprint density at radius 3 is 2.54 bits per heavy atom. The summed E-state index contributed by atoms with van der Waals surface area (Å²) in [4.78, 5) is 36.7. The monoisotopic (exact) mass is 356 g/mol. The Morgan fingerprint density at radius 2 is 1.85 bits per heavy atom. The Morgan fingerprint density at radius 1 is 1.19 bits per heavy atom. The first-order chi connectivity index (χ1) is 12.4. The number of cyclic esters (lactones) is 1. The first-order valence-corrected chi connectivity index (χ1v) is 7.83. The van der Waals surface area contributed by atoms with Crippen molar-refractivity contribution in [3.8, 4) is 0 Å². The Balaban J connectivity index is 1.87. The van der Waals surface area contributed by atoms with E-state index in [-0.39, 0.29) is 11.1 Å². The Kier molecular flexibility index (Phi) is 4.81. The summed E-state index contributed by atoms with van der Waals surface area (Å²) in [6, 6.07) is 11.1. The number of aryl methyl sites for hydroxylation is 1. The van der Waals surface area contributed by atoms with Crippen LogP contribution < -0.4 is 10.5 Å². The van der Waals surface area contributed by atoms with E-state index >= 15 is 0 Å². The van der Waals surface area contributed by atoms with Crippen LogP contribution in [0.2, 0.25) is 0 Å². The van der Waals surface area contributed by atoms with Crippen LogP contribution in [0.5, 0.6) is 0 Å². The lowest BCUT2D eigenvalue weighted by atomic mass is 9.97. The highest BCUT2D eigenvalue weighted by Crippen LogP contribution is 2.32.